The largest absolute Gasteiger partial charge is 0.357 e. The number of hydrogen-bond acceptors (Lipinski definition) is 4. The zero-order valence-corrected chi connectivity index (χ0v) is 19.8. The minimum Gasteiger partial charge on any atom is -0.357 e. The van der Waals surface area contributed by atoms with Crippen LogP contribution in [0.15, 0.2) is 29.3 Å². The fourth-order valence-corrected chi connectivity index (χ4v) is 4.39. The van der Waals surface area contributed by atoms with Crippen LogP contribution in [0, 0.1) is 0 Å². The number of aliphatic imine (C=N–C) groups is 1. The van der Waals surface area contributed by atoms with Crippen molar-refractivity contribution in [1.82, 2.24) is 24.9 Å². The molecular formula is C24H40N6O. The molecule has 1 aromatic carbocycles. The zero-order chi connectivity index (χ0) is 22.2. The van der Waals surface area contributed by atoms with E-state index in [4.69, 9.17) is 4.99 Å². The van der Waals surface area contributed by atoms with Gasteiger partial charge in [-0.3, -0.25) is 9.69 Å². The molecule has 2 heterocycles. The van der Waals surface area contributed by atoms with Crippen LogP contribution in [0.5, 0.6) is 0 Å². The van der Waals surface area contributed by atoms with Gasteiger partial charge in [0.05, 0.1) is 12.6 Å². The maximum absolute atomic E-state index is 12.7. The number of hydrogen-bond donors (Lipinski definition) is 1. The summed E-state index contributed by atoms with van der Waals surface area (Å²) in [6, 6.07) is 8.70. The van der Waals surface area contributed by atoms with Crippen molar-refractivity contribution in [1.29, 1.82) is 0 Å². The van der Waals surface area contributed by atoms with Crippen LogP contribution in [0.1, 0.15) is 37.8 Å². The average molecular weight is 429 g/mol. The first-order valence-electron chi connectivity index (χ1n) is 11.8. The molecule has 0 radical (unpaired) electrons. The molecule has 3 rings (SSSR count). The fourth-order valence-electron chi connectivity index (χ4n) is 4.39. The van der Waals surface area contributed by atoms with Gasteiger partial charge in [-0.2, -0.15) is 0 Å². The molecule has 1 aromatic rings. The first-order chi connectivity index (χ1) is 15.0. The van der Waals surface area contributed by atoms with E-state index in [1.807, 2.05) is 4.90 Å². The molecule has 2 aliphatic rings. The maximum atomic E-state index is 12.7. The van der Waals surface area contributed by atoms with Crippen molar-refractivity contribution in [2.24, 2.45) is 4.99 Å². The van der Waals surface area contributed by atoms with Gasteiger partial charge in [-0.05, 0) is 51.9 Å². The number of piperazine rings is 1. The van der Waals surface area contributed by atoms with Crippen LogP contribution in [0.2, 0.25) is 0 Å². The number of benzene rings is 1. The average Bonchev–Trinajstić information content (AvgIpc) is 3.31. The van der Waals surface area contributed by atoms with Crippen molar-refractivity contribution in [3.8, 4) is 0 Å². The molecule has 0 bridgehead atoms. The highest BCUT2D eigenvalue weighted by molar-refractivity contribution is 5.82. The summed E-state index contributed by atoms with van der Waals surface area (Å²) in [5.74, 6) is 1.27. The van der Waals surface area contributed by atoms with Crippen LogP contribution in [0.4, 0.5) is 0 Å². The Balaban J connectivity index is 1.54. The number of guanidine groups is 1. The van der Waals surface area contributed by atoms with E-state index in [1.54, 1.807) is 0 Å². The van der Waals surface area contributed by atoms with Crippen LogP contribution >= 0.6 is 0 Å². The first kappa shape index (κ1) is 23.5. The van der Waals surface area contributed by atoms with Crippen LogP contribution in [-0.2, 0) is 17.9 Å². The van der Waals surface area contributed by atoms with Gasteiger partial charge >= 0.3 is 0 Å². The summed E-state index contributed by atoms with van der Waals surface area (Å²) in [7, 11) is 4.17. The monoisotopic (exact) mass is 428 g/mol. The molecule has 7 nitrogen and oxygen atoms in total. The molecule has 2 aliphatic heterocycles. The van der Waals surface area contributed by atoms with Crippen molar-refractivity contribution in [3.63, 3.8) is 0 Å². The van der Waals surface area contributed by atoms with Gasteiger partial charge in [-0.25, -0.2) is 4.99 Å². The van der Waals surface area contributed by atoms with Gasteiger partial charge in [0.1, 0.15) is 0 Å². The molecule has 2 saturated heterocycles. The van der Waals surface area contributed by atoms with Gasteiger partial charge in [-0.1, -0.05) is 24.3 Å². The molecule has 0 saturated carbocycles. The molecule has 31 heavy (non-hydrogen) atoms. The summed E-state index contributed by atoms with van der Waals surface area (Å²) < 4.78 is 0. The van der Waals surface area contributed by atoms with Crippen molar-refractivity contribution in [2.45, 2.75) is 45.8 Å². The van der Waals surface area contributed by atoms with Crippen molar-refractivity contribution >= 4 is 11.9 Å². The Morgan fingerprint density at radius 3 is 2.19 bits per heavy atom. The number of likely N-dealkylation sites (tertiary alicyclic amines) is 1. The molecule has 1 unspecified atom stereocenters. The van der Waals surface area contributed by atoms with Crippen LogP contribution in [0.25, 0.3) is 0 Å². The number of rotatable bonds is 7. The lowest BCUT2D eigenvalue weighted by molar-refractivity contribution is -0.135. The zero-order valence-electron chi connectivity index (χ0n) is 19.8. The third kappa shape index (κ3) is 6.68. The summed E-state index contributed by atoms with van der Waals surface area (Å²) >= 11 is 0. The first-order valence-corrected chi connectivity index (χ1v) is 11.8. The molecule has 2 fully saturated rings. The lowest BCUT2D eigenvalue weighted by Gasteiger charge is -2.39. The summed E-state index contributed by atoms with van der Waals surface area (Å²) in [6.07, 6.45) is 2.29. The lowest BCUT2D eigenvalue weighted by Crippen LogP contribution is -2.57. The Bertz CT molecular complexity index is 718. The topological polar surface area (TPSA) is 54.4 Å². The lowest BCUT2D eigenvalue weighted by atomic mass is 10.1. The third-order valence-corrected chi connectivity index (χ3v) is 6.20. The van der Waals surface area contributed by atoms with E-state index in [2.05, 4.69) is 72.2 Å². The molecule has 1 amide bonds. The molecule has 1 atom stereocenters. The Morgan fingerprint density at radius 2 is 1.61 bits per heavy atom. The Hall–Kier alpha value is -2.12. The number of amides is 1. The van der Waals surface area contributed by atoms with Crippen molar-refractivity contribution in [2.75, 3.05) is 59.9 Å². The second kappa shape index (κ2) is 11.5. The van der Waals surface area contributed by atoms with E-state index < -0.39 is 0 Å². The van der Waals surface area contributed by atoms with Crippen LogP contribution in [0.3, 0.4) is 0 Å². The van der Waals surface area contributed by atoms with Gasteiger partial charge in [-0.15, -0.1) is 0 Å². The molecule has 0 aliphatic carbocycles. The molecule has 1 N–H and O–H groups in total. The van der Waals surface area contributed by atoms with Crippen molar-refractivity contribution < 1.29 is 4.79 Å². The number of nitrogens with zero attached hydrogens (tertiary/aromatic N) is 5. The normalized spacial score (nSPS) is 19.2. The van der Waals surface area contributed by atoms with Gasteiger partial charge in [0, 0.05) is 52.4 Å². The van der Waals surface area contributed by atoms with Gasteiger partial charge in [0.2, 0.25) is 5.91 Å². The molecule has 0 aromatic heterocycles. The number of carbonyl (C=O) groups is 1. The van der Waals surface area contributed by atoms with E-state index >= 15 is 0 Å². The summed E-state index contributed by atoms with van der Waals surface area (Å²) in [5, 5.41) is 3.45. The standard InChI is InChI=1S/C24H40N6O/c1-5-25-24(26-18-21-8-10-22(11-9-21)19-27(3)4)30-16-14-28(15-17-30)20(2)23(31)29-12-6-7-13-29/h8-11,20H,5-7,12-19H2,1-4H3,(H,25,26). The van der Waals surface area contributed by atoms with Gasteiger partial charge in [0.15, 0.2) is 5.96 Å². The second-order valence-corrected chi connectivity index (χ2v) is 8.96. The van der Waals surface area contributed by atoms with Gasteiger partial charge < -0.3 is 20.0 Å². The van der Waals surface area contributed by atoms with E-state index in [0.717, 1.165) is 71.2 Å². The second-order valence-electron chi connectivity index (χ2n) is 8.96. The highest BCUT2D eigenvalue weighted by Gasteiger charge is 2.30. The molecular weight excluding hydrogens is 388 g/mol. The highest BCUT2D eigenvalue weighted by Crippen LogP contribution is 2.14. The Labute approximate surface area is 188 Å². The minimum absolute atomic E-state index is 0.0274. The van der Waals surface area contributed by atoms with Crippen molar-refractivity contribution in [3.05, 3.63) is 35.4 Å². The highest BCUT2D eigenvalue weighted by atomic mass is 16.2. The molecule has 0 spiro atoms. The summed E-state index contributed by atoms with van der Waals surface area (Å²) in [6.45, 7) is 12.1. The number of carbonyl (C=O) groups excluding carboxylic acids is 1. The van der Waals surface area contributed by atoms with E-state index in [0.29, 0.717) is 12.5 Å². The molecule has 172 valence electrons. The minimum atomic E-state index is -0.0274. The fraction of sp³-hybridized carbons (Fsp3) is 0.667. The maximum Gasteiger partial charge on any atom is 0.239 e. The molecule has 7 heteroatoms. The van der Waals surface area contributed by atoms with E-state index in [-0.39, 0.29) is 6.04 Å². The summed E-state index contributed by atoms with van der Waals surface area (Å²) in [5.41, 5.74) is 2.54. The SMILES string of the molecule is CCNC(=NCc1ccc(CN(C)C)cc1)N1CCN(C(C)C(=O)N2CCCC2)CC1. The van der Waals surface area contributed by atoms with E-state index in [9.17, 15) is 4.79 Å². The van der Waals surface area contributed by atoms with Crippen LogP contribution in [-0.4, -0.2) is 97.4 Å². The quantitative estimate of drug-likeness (QED) is 0.531. The predicted molar refractivity (Wildman–Crippen MR) is 127 cm³/mol. The Kier molecular flexibility index (Phi) is 8.72. The van der Waals surface area contributed by atoms with Gasteiger partial charge in [0.25, 0.3) is 0 Å². The predicted octanol–water partition coefficient (Wildman–Crippen LogP) is 1.84. The summed E-state index contributed by atoms with van der Waals surface area (Å²) in [4.78, 5) is 26.5. The smallest absolute Gasteiger partial charge is 0.239 e. The van der Waals surface area contributed by atoms with Crippen LogP contribution < -0.4 is 5.32 Å². The Morgan fingerprint density at radius 1 is 1.00 bits per heavy atom. The number of nitrogens with one attached hydrogen (secondary N) is 1. The third-order valence-electron chi connectivity index (χ3n) is 6.20. The van der Waals surface area contributed by atoms with E-state index in [1.165, 1.54) is 11.1 Å².